The molecule has 1 unspecified atom stereocenters. The summed E-state index contributed by atoms with van der Waals surface area (Å²) in [5.74, 6) is -0.905. The van der Waals surface area contributed by atoms with Gasteiger partial charge in [0, 0.05) is 30.4 Å². The number of nitro groups is 1. The van der Waals surface area contributed by atoms with Crippen molar-refractivity contribution < 1.29 is 24.0 Å². The summed E-state index contributed by atoms with van der Waals surface area (Å²) in [6.45, 7) is 0. The molecule has 9 heteroatoms. The first kappa shape index (κ1) is 22.3. The molecule has 1 amide bonds. The van der Waals surface area contributed by atoms with Crippen LogP contribution in [0.2, 0.25) is 0 Å². The first-order chi connectivity index (χ1) is 15.4. The number of nitrogens with zero attached hydrogens (tertiary/aromatic N) is 1. The number of anilines is 2. The predicted octanol–water partition coefficient (Wildman–Crippen LogP) is 4.18. The first-order valence-electron chi connectivity index (χ1n) is 9.60. The predicted molar refractivity (Wildman–Crippen MR) is 119 cm³/mol. The maximum absolute atomic E-state index is 13.0. The van der Waals surface area contributed by atoms with Gasteiger partial charge in [-0.1, -0.05) is 36.4 Å². The minimum Gasteiger partial charge on any atom is -0.497 e. The van der Waals surface area contributed by atoms with Crippen LogP contribution in [0.5, 0.6) is 5.75 Å². The SMILES string of the molecule is CNc1ccc(C(=O)OC(C(=O)Nc2cccc(OC)c2)c2ccccc2)cc1[N+](=O)[O-]. The van der Waals surface area contributed by atoms with E-state index in [9.17, 15) is 19.7 Å². The molecule has 0 aliphatic rings. The number of rotatable bonds is 8. The molecule has 32 heavy (non-hydrogen) atoms. The summed E-state index contributed by atoms with van der Waals surface area (Å²) >= 11 is 0. The van der Waals surface area contributed by atoms with Crippen LogP contribution in [0.25, 0.3) is 0 Å². The lowest BCUT2D eigenvalue weighted by Crippen LogP contribution is -2.26. The second-order valence-corrected chi connectivity index (χ2v) is 6.66. The van der Waals surface area contributed by atoms with Crippen molar-refractivity contribution in [3.8, 4) is 5.75 Å². The van der Waals surface area contributed by atoms with E-state index >= 15 is 0 Å². The van der Waals surface area contributed by atoms with Gasteiger partial charge in [-0.05, 0) is 24.3 Å². The third kappa shape index (κ3) is 5.20. The van der Waals surface area contributed by atoms with Crippen molar-refractivity contribution in [1.82, 2.24) is 0 Å². The highest BCUT2D eigenvalue weighted by molar-refractivity contribution is 5.98. The van der Waals surface area contributed by atoms with Gasteiger partial charge in [0.25, 0.3) is 11.6 Å². The van der Waals surface area contributed by atoms with Crippen LogP contribution in [0.3, 0.4) is 0 Å². The fraction of sp³-hybridized carbons (Fsp3) is 0.130. The summed E-state index contributed by atoms with van der Waals surface area (Å²) in [5.41, 5.74) is 0.828. The van der Waals surface area contributed by atoms with Crippen molar-refractivity contribution in [1.29, 1.82) is 0 Å². The zero-order valence-corrected chi connectivity index (χ0v) is 17.4. The number of esters is 1. The van der Waals surface area contributed by atoms with Gasteiger partial charge in [-0.25, -0.2) is 4.79 Å². The minimum atomic E-state index is -1.28. The Morgan fingerprint density at radius 1 is 1.00 bits per heavy atom. The Labute approximate surface area is 184 Å². The Hall–Kier alpha value is -4.40. The maximum atomic E-state index is 13.0. The lowest BCUT2D eigenvalue weighted by Gasteiger charge is -2.18. The van der Waals surface area contributed by atoms with Crippen LogP contribution in [0, 0.1) is 10.1 Å². The highest BCUT2D eigenvalue weighted by Gasteiger charge is 2.27. The van der Waals surface area contributed by atoms with E-state index < -0.39 is 22.9 Å². The van der Waals surface area contributed by atoms with Crippen molar-refractivity contribution in [2.45, 2.75) is 6.10 Å². The van der Waals surface area contributed by atoms with E-state index in [0.717, 1.165) is 6.07 Å². The van der Waals surface area contributed by atoms with Crippen molar-refractivity contribution in [2.75, 3.05) is 24.8 Å². The number of benzene rings is 3. The molecule has 9 nitrogen and oxygen atoms in total. The monoisotopic (exact) mass is 435 g/mol. The van der Waals surface area contributed by atoms with Crippen LogP contribution in [0.15, 0.2) is 72.8 Å². The number of ether oxygens (including phenoxy) is 2. The molecule has 3 aromatic rings. The molecule has 3 rings (SSSR count). The second-order valence-electron chi connectivity index (χ2n) is 6.66. The summed E-state index contributed by atoms with van der Waals surface area (Å²) in [6, 6.07) is 19.1. The van der Waals surface area contributed by atoms with Gasteiger partial charge in [-0.3, -0.25) is 14.9 Å². The molecule has 0 aliphatic heterocycles. The molecule has 0 aliphatic carbocycles. The third-order valence-corrected chi connectivity index (χ3v) is 4.60. The zero-order chi connectivity index (χ0) is 23.1. The van der Waals surface area contributed by atoms with Gasteiger partial charge < -0.3 is 20.1 Å². The molecule has 164 valence electrons. The molecule has 0 heterocycles. The van der Waals surface area contributed by atoms with Gasteiger partial charge in [0.1, 0.15) is 11.4 Å². The molecule has 0 spiro atoms. The van der Waals surface area contributed by atoms with E-state index in [2.05, 4.69) is 10.6 Å². The summed E-state index contributed by atoms with van der Waals surface area (Å²) in [7, 11) is 3.04. The fourth-order valence-corrected chi connectivity index (χ4v) is 3.01. The standard InChI is InChI=1S/C23H21N3O6/c1-24-19-12-11-16(13-20(19)26(29)30)23(28)32-21(15-7-4-3-5-8-15)22(27)25-17-9-6-10-18(14-17)31-2/h3-14,21,24H,1-2H3,(H,25,27). The fourth-order valence-electron chi connectivity index (χ4n) is 3.01. The number of hydrogen-bond donors (Lipinski definition) is 2. The lowest BCUT2D eigenvalue weighted by molar-refractivity contribution is -0.384. The van der Waals surface area contributed by atoms with Gasteiger partial charge in [-0.2, -0.15) is 0 Å². The third-order valence-electron chi connectivity index (χ3n) is 4.60. The Morgan fingerprint density at radius 2 is 1.75 bits per heavy atom. The lowest BCUT2D eigenvalue weighted by atomic mass is 10.1. The normalized spacial score (nSPS) is 11.2. The number of nitrogens with one attached hydrogen (secondary N) is 2. The first-order valence-corrected chi connectivity index (χ1v) is 9.60. The number of nitro benzene ring substituents is 1. The van der Waals surface area contributed by atoms with Crippen LogP contribution in [-0.4, -0.2) is 31.0 Å². The summed E-state index contributed by atoms with van der Waals surface area (Å²) in [5, 5.41) is 16.7. The summed E-state index contributed by atoms with van der Waals surface area (Å²) in [6.07, 6.45) is -1.28. The largest absolute Gasteiger partial charge is 0.497 e. The van der Waals surface area contributed by atoms with Crippen LogP contribution in [0.4, 0.5) is 17.1 Å². The molecule has 0 saturated heterocycles. The molecule has 1 atom stereocenters. The molecular formula is C23H21N3O6. The number of amides is 1. The minimum absolute atomic E-state index is 0.0502. The van der Waals surface area contributed by atoms with Crippen molar-refractivity contribution in [3.63, 3.8) is 0 Å². The van der Waals surface area contributed by atoms with Crippen LogP contribution in [-0.2, 0) is 9.53 Å². The molecule has 0 saturated carbocycles. The van der Waals surface area contributed by atoms with Crippen LogP contribution < -0.4 is 15.4 Å². The molecular weight excluding hydrogens is 414 g/mol. The smallest absolute Gasteiger partial charge is 0.339 e. The Morgan fingerprint density at radius 3 is 2.41 bits per heavy atom. The average molecular weight is 435 g/mol. The number of methoxy groups -OCH3 is 1. The van der Waals surface area contributed by atoms with E-state index in [1.54, 1.807) is 54.6 Å². The van der Waals surface area contributed by atoms with E-state index in [4.69, 9.17) is 9.47 Å². The number of carbonyl (C=O) groups excluding carboxylic acids is 2. The van der Waals surface area contributed by atoms with E-state index in [0.29, 0.717) is 17.0 Å². The summed E-state index contributed by atoms with van der Waals surface area (Å²) in [4.78, 5) is 36.5. The number of carbonyl (C=O) groups is 2. The molecule has 0 radical (unpaired) electrons. The van der Waals surface area contributed by atoms with Crippen molar-refractivity contribution in [3.05, 3.63) is 94.0 Å². The highest BCUT2D eigenvalue weighted by Crippen LogP contribution is 2.27. The molecule has 3 aromatic carbocycles. The molecule has 0 fully saturated rings. The Balaban J connectivity index is 1.88. The maximum Gasteiger partial charge on any atom is 0.339 e. The van der Waals surface area contributed by atoms with E-state index in [-0.39, 0.29) is 16.9 Å². The van der Waals surface area contributed by atoms with Gasteiger partial charge in [-0.15, -0.1) is 0 Å². The van der Waals surface area contributed by atoms with Gasteiger partial charge in [0.05, 0.1) is 17.6 Å². The van der Waals surface area contributed by atoms with Crippen molar-refractivity contribution >= 4 is 28.9 Å². The van der Waals surface area contributed by atoms with Crippen LogP contribution in [0.1, 0.15) is 22.0 Å². The second kappa shape index (κ2) is 10.1. The van der Waals surface area contributed by atoms with Crippen molar-refractivity contribution in [2.24, 2.45) is 0 Å². The van der Waals surface area contributed by atoms with Gasteiger partial charge >= 0.3 is 5.97 Å². The van der Waals surface area contributed by atoms with E-state index in [1.165, 1.54) is 26.3 Å². The Kier molecular flexibility index (Phi) is 7.02. The molecule has 0 bridgehead atoms. The zero-order valence-electron chi connectivity index (χ0n) is 17.4. The quantitative estimate of drug-likeness (QED) is 0.309. The number of hydrogen-bond acceptors (Lipinski definition) is 7. The molecule has 0 aromatic heterocycles. The Bertz CT molecular complexity index is 1130. The van der Waals surface area contributed by atoms with E-state index in [1.807, 2.05) is 0 Å². The highest BCUT2D eigenvalue weighted by atomic mass is 16.6. The average Bonchev–Trinajstić information content (AvgIpc) is 2.82. The summed E-state index contributed by atoms with van der Waals surface area (Å²) < 4.78 is 10.7. The topological polar surface area (TPSA) is 120 Å². The van der Waals surface area contributed by atoms with Crippen LogP contribution >= 0.6 is 0 Å². The molecule has 2 N–H and O–H groups in total. The van der Waals surface area contributed by atoms with Gasteiger partial charge in [0.2, 0.25) is 6.10 Å². The van der Waals surface area contributed by atoms with Gasteiger partial charge in [0.15, 0.2) is 0 Å².